The van der Waals surface area contributed by atoms with E-state index >= 15 is 0 Å². The summed E-state index contributed by atoms with van der Waals surface area (Å²) in [5, 5.41) is 0. The Morgan fingerprint density at radius 3 is 2.50 bits per heavy atom. The van der Waals surface area contributed by atoms with Gasteiger partial charge in [-0.25, -0.2) is 17.5 Å². The van der Waals surface area contributed by atoms with Crippen LogP contribution in [0.2, 0.25) is 0 Å². The van der Waals surface area contributed by atoms with E-state index in [0.717, 1.165) is 44.0 Å². The monoisotopic (exact) mass is 397 g/mol. The van der Waals surface area contributed by atoms with Crippen molar-refractivity contribution in [2.75, 3.05) is 44.2 Å². The van der Waals surface area contributed by atoms with Crippen LogP contribution < -0.4 is 9.62 Å². The number of thiophene rings is 1. The molecule has 26 heavy (non-hydrogen) atoms. The Morgan fingerprint density at radius 1 is 1.12 bits per heavy atom. The first kappa shape index (κ1) is 19.3. The smallest absolute Gasteiger partial charge is 0.250 e. The third-order valence-corrected chi connectivity index (χ3v) is 7.44. The topological polar surface area (TPSA) is 52.7 Å². The molecule has 142 valence electrons. The summed E-state index contributed by atoms with van der Waals surface area (Å²) >= 11 is 1.28. The Bertz CT molecular complexity index is 830. The quantitative estimate of drug-likeness (QED) is 0.730. The molecule has 5 nitrogen and oxygen atoms in total. The highest BCUT2D eigenvalue weighted by Gasteiger charge is 2.19. The predicted molar refractivity (Wildman–Crippen MR) is 104 cm³/mol. The normalized spacial score (nSPS) is 16.2. The number of benzene rings is 1. The highest BCUT2D eigenvalue weighted by atomic mass is 32.2. The van der Waals surface area contributed by atoms with Gasteiger partial charge >= 0.3 is 0 Å². The minimum Gasteiger partial charge on any atom is -0.367 e. The lowest BCUT2D eigenvalue weighted by Crippen LogP contribution is -2.47. The highest BCUT2D eigenvalue weighted by molar-refractivity contribution is 7.91. The molecule has 2 heterocycles. The van der Waals surface area contributed by atoms with Gasteiger partial charge in [-0.1, -0.05) is 12.1 Å². The molecule has 3 rings (SSSR count). The number of nitrogens with one attached hydrogen (secondary N) is 1. The van der Waals surface area contributed by atoms with E-state index in [1.54, 1.807) is 12.1 Å². The van der Waals surface area contributed by atoms with Crippen LogP contribution in [-0.2, 0) is 10.0 Å². The molecule has 0 atom stereocenters. The highest BCUT2D eigenvalue weighted by Crippen LogP contribution is 2.21. The van der Waals surface area contributed by atoms with E-state index in [9.17, 15) is 12.8 Å². The Kier molecular flexibility index (Phi) is 6.29. The van der Waals surface area contributed by atoms with Crippen molar-refractivity contribution in [3.63, 3.8) is 0 Å². The molecule has 0 unspecified atom stereocenters. The number of halogens is 1. The fourth-order valence-electron chi connectivity index (χ4n) is 3.06. The number of para-hydroxylation sites is 1. The van der Waals surface area contributed by atoms with Crippen molar-refractivity contribution in [2.45, 2.75) is 17.6 Å². The molecule has 0 aliphatic carbocycles. The number of nitrogens with zero attached hydrogens (tertiary/aromatic N) is 2. The van der Waals surface area contributed by atoms with E-state index < -0.39 is 10.0 Å². The van der Waals surface area contributed by atoms with Gasteiger partial charge in [-0.15, -0.1) is 11.3 Å². The maximum Gasteiger partial charge on any atom is 0.250 e. The van der Waals surface area contributed by atoms with Crippen LogP contribution >= 0.6 is 11.3 Å². The first-order valence-electron chi connectivity index (χ1n) is 8.74. The van der Waals surface area contributed by atoms with Crippen LogP contribution in [0.4, 0.5) is 10.1 Å². The van der Waals surface area contributed by atoms with Crippen molar-refractivity contribution in [3.05, 3.63) is 47.1 Å². The average molecular weight is 398 g/mol. The van der Waals surface area contributed by atoms with E-state index in [0.29, 0.717) is 16.4 Å². The summed E-state index contributed by atoms with van der Waals surface area (Å²) in [5.41, 5.74) is 0.658. The summed E-state index contributed by atoms with van der Waals surface area (Å²) in [5.74, 6) is -0.181. The van der Waals surface area contributed by atoms with Crippen LogP contribution in [0.1, 0.15) is 11.3 Å². The lowest BCUT2D eigenvalue weighted by atomic mass is 10.2. The van der Waals surface area contributed by atoms with Crippen LogP contribution in [0.25, 0.3) is 0 Å². The van der Waals surface area contributed by atoms with Gasteiger partial charge in [0, 0.05) is 37.6 Å². The Balaban J connectivity index is 1.40. The van der Waals surface area contributed by atoms with Crippen LogP contribution in [0.3, 0.4) is 0 Å². The molecule has 2 aromatic rings. The van der Waals surface area contributed by atoms with Crippen molar-refractivity contribution in [2.24, 2.45) is 0 Å². The van der Waals surface area contributed by atoms with Crippen LogP contribution in [0.15, 0.2) is 40.6 Å². The number of rotatable bonds is 7. The fourth-order valence-corrected chi connectivity index (χ4v) is 5.46. The molecule has 0 amide bonds. The van der Waals surface area contributed by atoms with Gasteiger partial charge in [0.2, 0.25) is 10.0 Å². The minimum atomic E-state index is -3.39. The zero-order chi connectivity index (χ0) is 18.6. The lowest BCUT2D eigenvalue weighted by Gasteiger charge is -2.36. The molecule has 1 fully saturated rings. The van der Waals surface area contributed by atoms with Crippen molar-refractivity contribution in [1.29, 1.82) is 0 Å². The van der Waals surface area contributed by atoms with Crippen molar-refractivity contribution in [1.82, 2.24) is 9.62 Å². The summed E-state index contributed by atoms with van der Waals surface area (Å²) in [4.78, 5) is 5.34. The van der Waals surface area contributed by atoms with Gasteiger partial charge in [-0.3, -0.25) is 4.90 Å². The Hall–Kier alpha value is -1.48. The average Bonchev–Trinajstić information content (AvgIpc) is 3.07. The van der Waals surface area contributed by atoms with Gasteiger partial charge < -0.3 is 4.90 Å². The van der Waals surface area contributed by atoms with E-state index in [1.807, 2.05) is 25.1 Å². The van der Waals surface area contributed by atoms with Crippen molar-refractivity contribution < 1.29 is 12.8 Å². The van der Waals surface area contributed by atoms with E-state index in [1.165, 1.54) is 17.4 Å². The Morgan fingerprint density at radius 2 is 1.85 bits per heavy atom. The first-order chi connectivity index (χ1) is 12.5. The van der Waals surface area contributed by atoms with Crippen LogP contribution in [0, 0.1) is 12.7 Å². The van der Waals surface area contributed by atoms with E-state index in [-0.39, 0.29) is 5.82 Å². The van der Waals surface area contributed by atoms with Gasteiger partial charge in [-0.2, -0.15) is 0 Å². The number of piperazine rings is 1. The van der Waals surface area contributed by atoms with Crippen molar-refractivity contribution in [3.8, 4) is 0 Å². The zero-order valence-corrected chi connectivity index (χ0v) is 16.5. The molecular weight excluding hydrogens is 373 g/mol. The molecule has 1 aliphatic rings. The number of aryl methyl sites for hydroxylation is 1. The van der Waals surface area contributed by atoms with E-state index in [4.69, 9.17) is 0 Å². The summed E-state index contributed by atoms with van der Waals surface area (Å²) in [6.07, 6.45) is 0.753. The van der Waals surface area contributed by atoms with Gasteiger partial charge in [-0.05, 0) is 44.2 Å². The summed E-state index contributed by atoms with van der Waals surface area (Å²) in [7, 11) is -3.39. The maximum absolute atomic E-state index is 13.9. The Labute approximate surface area is 158 Å². The molecule has 0 radical (unpaired) electrons. The second-order valence-electron chi connectivity index (χ2n) is 6.40. The molecule has 1 aromatic carbocycles. The van der Waals surface area contributed by atoms with Gasteiger partial charge in [0.05, 0.1) is 5.69 Å². The molecule has 0 spiro atoms. The van der Waals surface area contributed by atoms with Gasteiger partial charge in [0.15, 0.2) is 0 Å². The third kappa shape index (κ3) is 4.82. The molecule has 0 bridgehead atoms. The van der Waals surface area contributed by atoms with Crippen LogP contribution in [-0.4, -0.2) is 52.6 Å². The summed E-state index contributed by atoms with van der Waals surface area (Å²) < 4.78 is 41.2. The minimum absolute atomic E-state index is 0.181. The van der Waals surface area contributed by atoms with Crippen molar-refractivity contribution >= 4 is 27.0 Å². The first-order valence-corrected chi connectivity index (χ1v) is 11.0. The molecule has 1 aliphatic heterocycles. The van der Waals surface area contributed by atoms with E-state index in [2.05, 4.69) is 14.5 Å². The molecule has 8 heteroatoms. The SMILES string of the molecule is Cc1ccc(S(=O)(=O)NCCCN2CCN(c3ccccc3F)CC2)s1. The van der Waals surface area contributed by atoms with Crippen LogP contribution in [0.5, 0.6) is 0 Å². The molecular formula is C18H24FN3O2S2. The standard InChI is InChI=1S/C18H24FN3O2S2/c1-15-7-8-18(25-15)26(23,24)20-9-4-10-21-11-13-22(14-12-21)17-6-3-2-5-16(17)19/h2-3,5-8,20H,4,9-14H2,1H3. The van der Waals surface area contributed by atoms with Gasteiger partial charge in [0.25, 0.3) is 0 Å². The molecule has 1 saturated heterocycles. The number of hydrogen-bond acceptors (Lipinski definition) is 5. The molecule has 0 saturated carbocycles. The maximum atomic E-state index is 13.9. The summed E-state index contributed by atoms with van der Waals surface area (Å²) in [6.45, 7) is 6.41. The second-order valence-corrected chi connectivity index (χ2v) is 9.68. The largest absolute Gasteiger partial charge is 0.367 e. The predicted octanol–water partition coefficient (Wildman–Crippen LogP) is 2.69. The molecule has 1 aromatic heterocycles. The van der Waals surface area contributed by atoms with Gasteiger partial charge in [0.1, 0.15) is 10.0 Å². The lowest BCUT2D eigenvalue weighted by molar-refractivity contribution is 0.255. The summed E-state index contributed by atoms with van der Waals surface area (Å²) in [6, 6.07) is 10.3. The number of sulfonamides is 1. The number of anilines is 1. The fraction of sp³-hybridized carbons (Fsp3) is 0.444. The zero-order valence-electron chi connectivity index (χ0n) is 14.8. The second kappa shape index (κ2) is 8.47. The third-order valence-electron chi connectivity index (χ3n) is 4.49. The molecule has 1 N–H and O–H groups in total. The number of hydrogen-bond donors (Lipinski definition) is 1.